The zero-order valence-corrected chi connectivity index (χ0v) is 15.2. The Kier molecular flexibility index (Phi) is 3.90. The molecule has 0 amide bonds. The highest BCUT2D eigenvalue weighted by atomic mass is 16.5. The second-order valence-electron chi connectivity index (χ2n) is 8.12. The van der Waals surface area contributed by atoms with Gasteiger partial charge in [0.15, 0.2) is 0 Å². The first-order chi connectivity index (χ1) is 12.3. The van der Waals surface area contributed by atoms with Gasteiger partial charge >= 0.3 is 5.97 Å². The molecule has 4 atom stereocenters. The van der Waals surface area contributed by atoms with Gasteiger partial charge in [-0.15, -0.1) is 0 Å². The average molecular weight is 359 g/mol. The summed E-state index contributed by atoms with van der Waals surface area (Å²) in [6.45, 7) is 0.806. The van der Waals surface area contributed by atoms with E-state index in [2.05, 4.69) is 4.90 Å². The third kappa shape index (κ3) is 2.25. The molecule has 26 heavy (non-hydrogen) atoms. The number of ketones is 1. The zero-order chi connectivity index (χ0) is 18.7. The molecule has 1 aromatic carbocycles. The molecule has 1 saturated carbocycles. The van der Waals surface area contributed by atoms with Gasteiger partial charge in [0.1, 0.15) is 11.5 Å². The summed E-state index contributed by atoms with van der Waals surface area (Å²) < 4.78 is 5.39. The Hall–Kier alpha value is -1.92. The lowest BCUT2D eigenvalue weighted by Gasteiger charge is -2.63. The van der Waals surface area contributed by atoms with Crippen molar-refractivity contribution in [3.05, 3.63) is 29.3 Å². The monoisotopic (exact) mass is 359 g/mol. The maximum Gasteiger partial charge on any atom is 0.304 e. The van der Waals surface area contributed by atoms with Gasteiger partial charge in [0.05, 0.1) is 19.1 Å². The molecule has 6 heteroatoms. The minimum Gasteiger partial charge on any atom is -0.497 e. The Morgan fingerprint density at radius 3 is 2.88 bits per heavy atom. The number of rotatable bonds is 3. The van der Waals surface area contributed by atoms with Gasteiger partial charge in [-0.1, -0.05) is 6.07 Å². The van der Waals surface area contributed by atoms with Gasteiger partial charge in [-0.05, 0) is 56.1 Å². The lowest BCUT2D eigenvalue weighted by atomic mass is 9.47. The number of hydrogen-bond acceptors (Lipinski definition) is 5. The van der Waals surface area contributed by atoms with Crippen LogP contribution in [0.4, 0.5) is 0 Å². The maximum atomic E-state index is 12.8. The van der Waals surface area contributed by atoms with E-state index in [9.17, 15) is 19.8 Å². The van der Waals surface area contributed by atoms with E-state index < -0.39 is 22.9 Å². The number of ether oxygens (including phenoxy) is 1. The quantitative estimate of drug-likeness (QED) is 0.848. The first-order valence-electron chi connectivity index (χ1n) is 9.15. The summed E-state index contributed by atoms with van der Waals surface area (Å²) in [7, 11) is 3.62. The van der Waals surface area contributed by atoms with Crippen molar-refractivity contribution in [1.29, 1.82) is 0 Å². The predicted molar refractivity (Wildman–Crippen MR) is 94.3 cm³/mol. The summed E-state index contributed by atoms with van der Waals surface area (Å²) in [5.41, 5.74) is 0.397. The molecule has 140 valence electrons. The number of Topliss-reactive ketones (excluding diaryl/α,β-unsaturated/α-hetero) is 1. The number of methoxy groups -OCH3 is 1. The molecular formula is C20H25NO5. The fourth-order valence-corrected chi connectivity index (χ4v) is 5.63. The smallest absolute Gasteiger partial charge is 0.304 e. The molecule has 1 heterocycles. The van der Waals surface area contributed by atoms with Crippen LogP contribution in [-0.4, -0.2) is 59.2 Å². The van der Waals surface area contributed by atoms with E-state index in [4.69, 9.17) is 4.74 Å². The van der Waals surface area contributed by atoms with Gasteiger partial charge in [0.2, 0.25) is 0 Å². The number of carboxylic acid groups (broad SMARTS) is 1. The third-order valence-corrected chi connectivity index (χ3v) is 6.96. The van der Waals surface area contributed by atoms with Crippen LogP contribution >= 0.6 is 0 Å². The van der Waals surface area contributed by atoms with Crippen LogP contribution in [0.1, 0.15) is 36.8 Å². The number of aliphatic carboxylic acids is 1. The van der Waals surface area contributed by atoms with Gasteiger partial charge in [-0.3, -0.25) is 9.59 Å². The molecule has 2 N–H and O–H groups in total. The molecule has 1 aromatic rings. The molecule has 4 rings (SSSR count). The number of carbonyl (C=O) groups is 2. The first-order valence-corrected chi connectivity index (χ1v) is 9.15. The summed E-state index contributed by atoms with van der Waals surface area (Å²) in [4.78, 5) is 26.2. The highest BCUT2D eigenvalue weighted by molar-refractivity contribution is 5.88. The SMILES string of the molecule is COc1ccc2c(c1)[C@]13CCN(C)[C@H](C2)[C@]1(O)C[C@H](CC(=O)O)C(=O)C3. The van der Waals surface area contributed by atoms with E-state index in [1.54, 1.807) is 7.11 Å². The van der Waals surface area contributed by atoms with Crippen LogP contribution in [0.15, 0.2) is 18.2 Å². The van der Waals surface area contributed by atoms with E-state index in [1.807, 2.05) is 25.2 Å². The lowest BCUT2D eigenvalue weighted by molar-refractivity contribution is -0.180. The van der Waals surface area contributed by atoms with Gasteiger partial charge in [0.25, 0.3) is 0 Å². The third-order valence-electron chi connectivity index (χ3n) is 6.96. The number of carboxylic acids is 1. The Labute approximate surface area is 152 Å². The minimum absolute atomic E-state index is 0.0453. The molecule has 2 fully saturated rings. The number of fused-ring (bicyclic) bond motifs is 1. The summed E-state index contributed by atoms with van der Waals surface area (Å²) in [6, 6.07) is 5.82. The molecule has 1 aliphatic heterocycles. The summed E-state index contributed by atoms with van der Waals surface area (Å²) in [6.07, 6.45) is 1.58. The van der Waals surface area contributed by atoms with Crippen LogP contribution in [-0.2, 0) is 21.4 Å². The maximum absolute atomic E-state index is 12.8. The van der Waals surface area contributed by atoms with Gasteiger partial charge in [-0.2, -0.15) is 0 Å². The van der Waals surface area contributed by atoms with Gasteiger partial charge in [0, 0.05) is 23.8 Å². The molecule has 3 aliphatic rings. The Morgan fingerprint density at radius 2 is 2.19 bits per heavy atom. The van der Waals surface area contributed by atoms with Crippen molar-refractivity contribution < 1.29 is 24.5 Å². The van der Waals surface area contributed by atoms with Gasteiger partial charge in [-0.25, -0.2) is 0 Å². The predicted octanol–water partition coefficient (Wildman–Crippen LogP) is 1.38. The Bertz CT molecular complexity index is 777. The molecule has 0 spiro atoms. The van der Waals surface area contributed by atoms with Crippen LogP contribution in [0.3, 0.4) is 0 Å². The largest absolute Gasteiger partial charge is 0.497 e. The highest BCUT2D eigenvalue weighted by Gasteiger charge is 2.66. The van der Waals surface area contributed by atoms with E-state index in [0.29, 0.717) is 12.8 Å². The van der Waals surface area contributed by atoms with E-state index in [-0.39, 0.29) is 31.1 Å². The van der Waals surface area contributed by atoms with Crippen LogP contribution in [0.25, 0.3) is 0 Å². The van der Waals surface area contributed by atoms with E-state index in [1.165, 1.54) is 0 Å². The number of piperidine rings is 1. The number of aliphatic hydroxyl groups is 1. The highest BCUT2D eigenvalue weighted by Crippen LogP contribution is 2.58. The fraction of sp³-hybridized carbons (Fsp3) is 0.600. The minimum atomic E-state index is -1.10. The van der Waals surface area contributed by atoms with Crippen molar-refractivity contribution in [2.24, 2.45) is 5.92 Å². The van der Waals surface area contributed by atoms with Crippen molar-refractivity contribution in [1.82, 2.24) is 4.90 Å². The van der Waals surface area contributed by atoms with Crippen molar-refractivity contribution in [2.75, 3.05) is 20.7 Å². The summed E-state index contributed by atoms with van der Waals surface area (Å²) >= 11 is 0. The fourth-order valence-electron chi connectivity index (χ4n) is 5.63. The van der Waals surface area contributed by atoms with E-state index in [0.717, 1.165) is 23.4 Å². The number of benzene rings is 1. The molecule has 0 aromatic heterocycles. The molecule has 0 radical (unpaired) electrons. The summed E-state index contributed by atoms with van der Waals surface area (Å²) in [5.74, 6) is -0.930. The topological polar surface area (TPSA) is 87.1 Å². The number of carbonyl (C=O) groups excluding carboxylic acids is 1. The average Bonchev–Trinajstić information content (AvgIpc) is 2.59. The number of likely N-dealkylation sites (N-methyl/N-ethyl adjacent to an activating group) is 1. The summed E-state index contributed by atoms with van der Waals surface area (Å²) in [5, 5.41) is 21.1. The van der Waals surface area contributed by atoms with Crippen molar-refractivity contribution in [3.8, 4) is 5.75 Å². The van der Waals surface area contributed by atoms with Crippen molar-refractivity contribution in [2.45, 2.75) is 49.2 Å². The standard InChI is InChI=1S/C20H25NO5/c1-21-6-5-19-11-16(22)13(8-18(23)24)10-20(19,25)17(21)7-12-3-4-14(26-2)9-15(12)19/h3-4,9,13,17,25H,5-8,10-11H2,1-2H3,(H,23,24)/t13-,17+,19+,20+/m0/s1. The number of likely N-dealkylation sites (tertiary alicyclic amines) is 1. The molecule has 0 unspecified atom stereocenters. The Morgan fingerprint density at radius 1 is 1.42 bits per heavy atom. The second-order valence-corrected chi connectivity index (χ2v) is 8.12. The number of hydrogen-bond donors (Lipinski definition) is 2. The van der Waals surface area contributed by atoms with Gasteiger partial charge < -0.3 is 19.8 Å². The Balaban J connectivity index is 1.87. The number of nitrogens with zero attached hydrogens (tertiary/aromatic N) is 1. The molecule has 6 nitrogen and oxygen atoms in total. The van der Waals surface area contributed by atoms with Crippen LogP contribution < -0.4 is 4.74 Å². The molecule has 2 aliphatic carbocycles. The van der Waals surface area contributed by atoms with Crippen LogP contribution in [0.5, 0.6) is 5.75 Å². The van der Waals surface area contributed by atoms with E-state index >= 15 is 0 Å². The lowest BCUT2D eigenvalue weighted by Crippen LogP contribution is -2.73. The van der Waals surface area contributed by atoms with Crippen LogP contribution in [0.2, 0.25) is 0 Å². The normalized spacial score (nSPS) is 36.2. The van der Waals surface area contributed by atoms with Crippen LogP contribution in [0, 0.1) is 5.92 Å². The first kappa shape index (κ1) is 17.5. The second kappa shape index (κ2) is 5.79. The molecule has 1 saturated heterocycles. The van der Waals surface area contributed by atoms with Crippen molar-refractivity contribution in [3.63, 3.8) is 0 Å². The molecular weight excluding hydrogens is 334 g/mol. The zero-order valence-electron chi connectivity index (χ0n) is 15.2. The molecule has 2 bridgehead atoms. The van der Waals surface area contributed by atoms with Crippen molar-refractivity contribution >= 4 is 11.8 Å².